The highest BCUT2D eigenvalue weighted by Crippen LogP contribution is 2.02. The topological polar surface area (TPSA) is 32.6 Å². The number of halogens is 1. The largest absolute Gasteiger partial charge is 0.392 e. The van der Waals surface area contributed by atoms with Crippen LogP contribution in [0.2, 0.25) is 0 Å². The summed E-state index contributed by atoms with van der Waals surface area (Å²) in [7, 11) is 0. The molecule has 0 aromatic carbocycles. The van der Waals surface area contributed by atoms with Gasteiger partial charge in [0.1, 0.15) is 4.61 Å². The molecular weight excluding hydrogens is 158 g/mol. The molecular formula is C4H6BrNO. The van der Waals surface area contributed by atoms with E-state index in [-0.39, 0.29) is 6.61 Å². The van der Waals surface area contributed by atoms with Crippen molar-refractivity contribution in [1.82, 2.24) is 0 Å². The number of hydrogen-bond donors (Lipinski definition) is 1. The van der Waals surface area contributed by atoms with Gasteiger partial charge in [-0.3, -0.25) is 4.99 Å². The molecule has 3 heteroatoms. The Labute approximate surface area is 50.7 Å². The van der Waals surface area contributed by atoms with Gasteiger partial charge >= 0.3 is 0 Å². The molecule has 0 bridgehead atoms. The van der Waals surface area contributed by atoms with Crippen molar-refractivity contribution in [3.05, 3.63) is 10.7 Å². The van der Waals surface area contributed by atoms with E-state index >= 15 is 0 Å². The molecule has 0 rings (SSSR count). The van der Waals surface area contributed by atoms with Crippen molar-refractivity contribution in [2.45, 2.75) is 0 Å². The third kappa shape index (κ3) is 3.69. The maximum Gasteiger partial charge on any atom is 0.103 e. The van der Waals surface area contributed by atoms with E-state index in [2.05, 4.69) is 27.6 Å². The third-order valence-electron chi connectivity index (χ3n) is 0.411. The fourth-order valence-electron chi connectivity index (χ4n) is 0.140. The third-order valence-corrected chi connectivity index (χ3v) is 0.985. The molecule has 0 saturated carbocycles. The summed E-state index contributed by atoms with van der Waals surface area (Å²) in [6.07, 6.45) is 1.51. The van der Waals surface area contributed by atoms with Gasteiger partial charge in [-0.25, -0.2) is 0 Å². The van der Waals surface area contributed by atoms with E-state index in [1.165, 1.54) is 6.08 Å². The summed E-state index contributed by atoms with van der Waals surface area (Å²) in [4.78, 5) is 3.45. The van der Waals surface area contributed by atoms with Crippen molar-refractivity contribution in [2.24, 2.45) is 4.99 Å². The lowest BCUT2D eigenvalue weighted by Crippen LogP contribution is -1.71. The lowest BCUT2D eigenvalue weighted by atomic mass is 10.7. The molecule has 0 radical (unpaired) electrons. The van der Waals surface area contributed by atoms with Gasteiger partial charge < -0.3 is 5.11 Å². The first-order valence-electron chi connectivity index (χ1n) is 1.74. The van der Waals surface area contributed by atoms with E-state index in [0.717, 1.165) is 0 Å². The number of hydrogen-bond acceptors (Lipinski definition) is 2. The normalized spacial score (nSPS) is 11.4. The SMILES string of the molecule is C=NC(Br)=CCO. The van der Waals surface area contributed by atoms with Crippen molar-refractivity contribution < 1.29 is 5.11 Å². The predicted molar refractivity (Wildman–Crippen MR) is 33.6 cm³/mol. The Morgan fingerprint density at radius 3 is 2.71 bits per heavy atom. The van der Waals surface area contributed by atoms with Crippen LogP contribution in [0.4, 0.5) is 0 Å². The van der Waals surface area contributed by atoms with Gasteiger partial charge in [-0.2, -0.15) is 0 Å². The van der Waals surface area contributed by atoms with Gasteiger partial charge in [-0.1, -0.05) is 0 Å². The Balaban J connectivity index is 3.49. The van der Waals surface area contributed by atoms with E-state index in [1.54, 1.807) is 0 Å². The Morgan fingerprint density at radius 2 is 2.57 bits per heavy atom. The fraction of sp³-hybridized carbons (Fsp3) is 0.250. The molecule has 0 aliphatic rings. The van der Waals surface area contributed by atoms with Crippen LogP contribution in [0.3, 0.4) is 0 Å². The Hall–Kier alpha value is -0.150. The minimum absolute atomic E-state index is 0.000394. The maximum atomic E-state index is 8.17. The summed E-state index contributed by atoms with van der Waals surface area (Å²) in [5, 5.41) is 8.17. The van der Waals surface area contributed by atoms with Crippen LogP contribution >= 0.6 is 15.9 Å². The van der Waals surface area contributed by atoms with Crippen molar-refractivity contribution in [3.8, 4) is 0 Å². The zero-order chi connectivity index (χ0) is 5.70. The molecule has 0 aliphatic carbocycles. The molecule has 0 amide bonds. The average molecular weight is 164 g/mol. The predicted octanol–water partition coefficient (Wildman–Crippen LogP) is 0.916. The Bertz CT molecular complexity index is 89.7. The van der Waals surface area contributed by atoms with Crippen molar-refractivity contribution in [3.63, 3.8) is 0 Å². The van der Waals surface area contributed by atoms with E-state index in [9.17, 15) is 0 Å². The Kier molecular flexibility index (Phi) is 3.93. The summed E-state index contributed by atoms with van der Waals surface area (Å²) in [5.74, 6) is 0. The lowest BCUT2D eigenvalue weighted by molar-refractivity contribution is 0.342. The Morgan fingerprint density at radius 1 is 2.00 bits per heavy atom. The van der Waals surface area contributed by atoms with Crippen LogP contribution < -0.4 is 0 Å². The van der Waals surface area contributed by atoms with Gasteiger partial charge in [0.2, 0.25) is 0 Å². The maximum absolute atomic E-state index is 8.17. The molecule has 7 heavy (non-hydrogen) atoms. The van der Waals surface area contributed by atoms with E-state index < -0.39 is 0 Å². The van der Waals surface area contributed by atoms with Gasteiger partial charge in [0.05, 0.1) is 6.61 Å². The quantitative estimate of drug-likeness (QED) is 0.477. The molecule has 0 saturated heterocycles. The average Bonchev–Trinajstić information content (AvgIpc) is 1.68. The summed E-state index contributed by atoms with van der Waals surface area (Å²) in [5.41, 5.74) is 0. The molecule has 0 aromatic rings. The molecule has 0 spiro atoms. The molecule has 0 aliphatic heterocycles. The van der Waals surface area contributed by atoms with Gasteiger partial charge in [0.25, 0.3) is 0 Å². The van der Waals surface area contributed by atoms with Crippen LogP contribution in [0.25, 0.3) is 0 Å². The second-order valence-electron chi connectivity index (χ2n) is 0.868. The molecule has 1 N–H and O–H groups in total. The smallest absolute Gasteiger partial charge is 0.103 e. The minimum atomic E-state index is -0.000394. The highest BCUT2D eigenvalue weighted by atomic mass is 79.9. The number of aliphatic imine (C=N–C) groups is 1. The second-order valence-corrected chi connectivity index (χ2v) is 1.68. The monoisotopic (exact) mass is 163 g/mol. The lowest BCUT2D eigenvalue weighted by Gasteiger charge is -1.80. The van der Waals surface area contributed by atoms with Gasteiger partial charge in [-0.15, -0.1) is 0 Å². The summed E-state index contributed by atoms with van der Waals surface area (Å²) >= 11 is 3.01. The number of rotatable bonds is 2. The van der Waals surface area contributed by atoms with E-state index in [4.69, 9.17) is 5.11 Å². The van der Waals surface area contributed by atoms with Crippen LogP contribution in [0, 0.1) is 0 Å². The fourth-order valence-corrected chi connectivity index (χ4v) is 0.285. The van der Waals surface area contributed by atoms with Crippen LogP contribution in [0.5, 0.6) is 0 Å². The van der Waals surface area contributed by atoms with E-state index in [1.807, 2.05) is 0 Å². The highest BCUT2D eigenvalue weighted by Gasteiger charge is 1.76. The number of nitrogens with zero attached hydrogens (tertiary/aromatic N) is 1. The first-order valence-corrected chi connectivity index (χ1v) is 2.53. The zero-order valence-corrected chi connectivity index (χ0v) is 5.35. The molecule has 2 nitrogen and oxygen atoms in total. The van der Waals surface area contributed by atoms with Crippen molar-refractivity contribution in [2.75, 3.05) is 6.61 Å². The van der Waals surface area contributed by atoms with Gasteiger partial charge in [0, 0.05) is 0 Å². The summed E-state index contributed by atoms with van der Waals surface area (Å²) in [6.45, 7) is 3.20. The second kappa shape index (κ2) is 4.02. The molecule has 0 unspecified atom stereocenters. The highest BCUT2D eigenvalue weighted by molar-refractivity contribution is 9.11. The van der Waals surface area contributed by atoms with Crippen LogP contribution in [-0.4, -0.2) is 18.4 Å². The summed E-state index contributed by atoms with van der Waals surface area (Å²) < 4.78 is 0.579. The first kappa shape index (κ1) is 6.85. The van der Waals surface area contributed by atoms with E-state index in [0.29, 0.717) is 4.61 Å². The first-order chi connectivity index (χ1) is 3.31. The molecule has 0 fully saturated rings. The number of aliphatic hydroxyl groups is 1. The molecule has 40 valence electrons. The van der Waals surface area contributed by atoms with Crippen LogP contribution in [-0.2, 0) is 0 Å². The van der Waals surface area contributed by atoms with Gasteiger partial charge in [0.15, 0.2) is 0 Å². The van der Waals surface area contributed by atoms with Gasteiger partial charge in [-0.05, 0) is 28.7 Å². The standard InChI is InChI=1S/C4H6BrNO/c1-6-4(5)2-3-7/h2,7H,1,3H2. The molecule has 0 aromatic heterocycles. The van der Waals surface area contributed by atoms with Crippen molar-refractivity contribution in [1.29, 1.82) is 0 Å². The minimum Gasteiger partial charge on any atom is -0.392 e. The molecule has 0 atom stereocenters. The van der Waals surface area contributed by atoms with Crippen LogP contribution in [0.15, 0.2) is 15.7 Å². The summed E-state index contributed by atoms with van der Waals surface area (Å²) in [6, 6.07) is 0. The number of aliphatic hydroxyl groups excluding tert-OH is 1. The van der Waals surface area contributed by atoms with Crippen molar-refractivity contribution >= 4 is 22.6 Å². The molecule has 0 heterocycles. The zero-order valence-electron chi connectivity index (χ0n) is 3.76. The van der Waals surface area contributed by atoms with Crippen LogP contribution in [0.1, 0.15) is 0 Å².